The zero-order chi connectivity index (χ0) is 11.0. The number of guanidine groups is 2. The summed E-state index contributed by atoms with van der Waals surface area (Å²) >= 11 is 0. The molecule has 6 heteroatoms. The molecule has 0 aliphatic heterocycles. The van der Waals surface area contributed by atoms with Crippen LogP contribution >= 0.6 is 0 Å². The van der Waals surface area contributed by atoms with Crippen molar-refractivity contribution in [1.29, 1.82) is 5.41 Å². The second-order valence-electron chi connectivity index (χ2n) is 3.05. The van der Waals surface area contributed by atoms with E-state index in [1.165, 1.54) is 0 Å². The van der Waals surface area contributed by atoms with Crippen molar-refractivity contribution in [2.45, 2.75) is 19.8 Å². The van der Waals surface area contributed by atoms with Gasteiger partial charge in [-0.3, -0.25) is 15.7 Å². The van der Waals surface area contributed by atoms with Gasteiger partial charge >= 0.3 is 0 Å². The zero-order valence-electron chi connectivity index (χ0n) is 8.45. The SMILES string of the molecule is CCC(CCO)CN=C(N)NC(=N)N. The number of nitrogens with zero attached hydrogens (tertiary/aromatic N) is 1. The van der Waals surface area contributed by atoms with Crippen molar-refractivity contribution in [1.82, 2.24) is 5.32 Å². The van der Waals surface area contributed by atoms with Crippen LogP contribution in [0.5, 0.6) is 0 Å². The van der Waals surface area contributed by atoms with Crippen LogP contribution in [-0.4, -0.2) is 30.2 Å². The molecule has 14 heavy (non-hydrogen) atoms. The molecule has 0 aliphatic carbocycles. The standard InChI is InChI=1S/C8H19N5O/c1-2-6(3-4-14)5-12-8(11)13-7(9)10/h6,14H,2-5H2,1H3,(H6,9,10,11,12,13). The monoisotopic (exact) mass is 201 g/mol. The molecule has 0 rings (SSSR count). The van der Waals surface area contributed by atoms with Crippen LogP contribution in [0.3, 0.4) is 0 Å². The number of nitrogens with two attached hydrogens (primary N) is 2. The molecule has 0 saturated heterocycles. The van der Waals surface area contributed by atoms with Gasteiger partial charge in [0.1, 0.15) is 0 Å². The van der Waals surface area contributed by atoms with Crippen LogP contribution in [0.15, 0.2) is 4.99 Å². The topological polar surface area (TPSA) is 121 Å². The van der Waals surface area contributed by atoms with E-state index in [2.05, 4.69) is 10.3 Å². The lowest BCUT2D eigenvalue weighted by atomic mass is 10.0. The van der Waals surface area contributed by atoms with E-state index in [4.69, 9.17) is 22.0 Å². The second-order valence-corrected chi connectivity index (χ2v) is 3.05. The summed E-state index contributed by atoms with van der Waals surface area (Å²) in [5, 5.41) is 18.0. The summed E-state index contributed by atoms with van der Waals surface area (Å²) in [5.41, 5.74) is 10.5. The van der Waals surface area contributed by atoms with Crippen molar-refractivity contribution in [2.75, 3.05) is 13.2 Å². The fraction of sp³-hybridized carbons (Fsp3) is 0.750. The van der Waals surface area contributed by atoms with Crippen LogP contribution in [0.25, 0.3) is 0 Å². The fourth-order valence-corrected chi connectivity index (χ4v) is 1.01. The molecule has 0 aliphatic rings. The summed E-state index contributed by atoms with van der Waals surface area (Å²) < 4.78 is 0. The highest BCUT2D eigenvalue weighted by Gasteiger charge is 2.04. The van der Waals surface area contributed by atoms with Gasteiger partial charge in [0.15, 0.2) is 11.9 Å². The van der Waals surface area contributed by atoms with Gasteiger partial charge in [-0.1, -0.05) is 13.3 Å². The van der Waals surface area contributed by atoms with Crippen LogP contribution in [-0.2, 0) is 0 Å². The van der Waals surface area contributed by atoms with Crippen LogP contribution in [0.4, 0.5) is 0 Å². The van der Waals surface area contributed by atoms with E-state index >= 15 is 0 Å². The van der Waals surface area contributed by atoms with E-state index in [1.807, 2.05) is 6.92 Å². The Morgan fingerprint density at radius 1 is 1.57 bits per heavy atom. The van der Waals surface area contributed by atoms with Gasteiger partial charge in [-0.05, 0) is 12.3 Å². The molecule has 1 unspecified atom stereocenters. The minimum atomic E-state index is -0.221. The van der Waals surface area contributed by atoms with Crippen molar-refractivity contribution in [3.8, 4) is 0 Å². The Kier molecular flexibility index (Phi) is 6.47. The highest BCUT2D eigenvalue weighted by molar-refractivity contribution is 5.95. The van der Waals surface area contributed by atoms with Crippen LogP contribution in [0.2, 0.25) is 0 Å². The Morgan fingerprint density at radius 3 is 2.64 bits per heavy atom. The van der Waals surface area contributed by atoms with E-state index in [9.17, 15) is 0 Å². The molecule has 0 aromatic heterocycles. The summed E-state index contributed by atoms with van der Waals surface area (Å²) in [6.07, 6.45) is 1.66. The predicted molar refractivity (Wildman–Crippen MR) is 57.0 cm³/mol. The first-order valence-electron chi connectivity index (χ1n) is 4.62. The number of aliphatic hydroxyl groups excluding tert-OH is 1. The number of aliphatic imine (C=N–C) groups is 1. The van der Waals surface area contributed by atoms with Crippen molar-refractivity contribution >= 4 is 11.9 Å². The lowest BCUT2D eigenvalue weighted by Gasteiger charge is -2.10. The van der Waals surface area contributed by atoms with Crippen molar-refractivity contribution < 1.29 is 5.11 Å². The smallest absolute Gasteiger partial charge is 0.195 e. The number of hydrogen-bond acceptors (Lipinski definition) is 3. The minimum Gasteiger partial charge on any atom is -0.396 e. The highest BCUT2D eigenvalue weighted by Crippen LogP contribution is 2.07. The van der Waals surface area contributed by atoms with Gasteiger partial charge in [-0.15, -0.1) is 0 Å². The molecule has 1 atom stereocenters. The van der Waals surface area contributed by atoms with Crippen molar-refractivity contribution in [3.63, 3.8) is 0 Å². The summed E-state index contributed by atoms with van der Waals surface area (Å²) in [6.45, 7) is 2.74. The molecule has 82 valence electrons. The molecule has 6 nitrogen and oxygen atoms in total. The number of rotatable bonds is 5. The third-order valence-electron chi connectivity index (χ3n) is 1.90. The first kappa shape index (κ1) is 12.7. The molecular weight excluding hydrogens is 182 g/mol. The summed E-state index contributed by atoms with van der Waals surface area (Å²) in [6, 6.07) is 0. The van der Waals surface area contributed by atoms with Gasteiger partial charge in [-0.2, -0.15) is 0 Å². The summed E-state index contributed by atoms with van der Waals surface area (Å²) in [4.78, 5) is 4.01. The quantitative estimate of drug-likeness (QED) is 0.295. The van der Waals surface area contributed by atoms with Gasteiger partial charge in [0, 0.05) is 13.2 Å². The van der Waals surface area contributed by atoms with Gasteiger partial charge < -0.3 is 16.6 Å². The molecule has 0 saturated carbocycles. The maximum Gasteiger partial charge on any atom is 0.195 e. The molecule has 7 N–H and O–H groups in total. The molecule has 0 fully saturated rings. The molecule has 0 spiro atoms. The average molecular weight is 201 g/mol. The third-order valence-corrected chi connectivity index (χ3v) is 1.90. The normalized spacial score (nSPS) is 13.7. The van der Waals surface area contributed by atoms with E-state index in [0.717, 1.165) is 6.42 Å². The Bertz CT molecular complexity index is 204. The number of hydrogen-bond donors (Lipinski definition) is 5. The maximum atomic E-state index is 8.73. The van der Waals surface area contributed by atoms with E-state index in [0.29, 0.717) is 18.9 Å². The molecule has 0 aromatic carbocycles. The van der Waals surface area contributed by atoms with E-state index in [1.54, 1.807) is 0 Å². The first-order valence-corrected chi connectivity index (χ1v) is 4.62. The van der Waals surface area contributed by atoms with Crippen LogP contribution in [0.1, 0.15) is 19.8 Å². The lowest BCUT2D eigenvalue weighted by molar-refractivity contribution is 0.256. The van der Waals surface area contributed by atoms with Crippen molar-refractivity contribution in [3.05, 3.63) is 0 Å². The van der Waals surface area contributed by atoms with Gasteiger partial charge in [0.05, 0.1) is 0 Å². The number of aliphatic hydroxyl groups is 1. The second kappa shape index (κ2) is 7.14. The predicted octanol–water partition coefficient (Wildman–Crippen LogP) is -0.807. The summed E-state index contributed by atoms with van der Waals surface area (Å²) in [5.74, 6) is 0.252. The highest BCUT2D eigenvalue weighted by atomic mass is 16.3. The van der Waals surface area contributed by atoms with Crippen LogP contribution in [0, 0.1) is 11.3 Å². The molecule has 0 amide bonds. The molecule has 0 heterocycles. The first-order chi connectivity index (χ1) is 6.60. The number of nitrogens with one attached hydrogen (secondary N) is 2. The minimum absolute atomic E-state index is 0.147. The van der Waals surface area contributed by atoms with Gasteiger partial charge in [0.2, 0.25) is 0 Å². The maximum absolute atomic E-state index is 8.73. The largest absolute Gasteiger partial charge is 0.396 e. The van der Waals surface area contributed by atoms with E-state index < -0.39 is 0 Å². The Balaban J connectivity index is 3.91. The molecular formula is C8H19N5O. The van der Waals surface area contributed by atoms with Gasteiger partial charge in [0.25, 0.3) is 0 Å². The lowest BCUT2D eigenvalue weighted by Crippen LogP contribution is -2.41. The molecule has 0 aromatic rings. The Morgan fingerprint density at radius 2 is 2.21 bits per heavy atom. The Hall–Kier alpha value is -1.30. The molecule has 0 bridgehead atoms. The third kappa shape index (κ3) is 6.24. The van der Waals surface area contributed by atoms with Crippen LogP contribution < -0.4 is 16.8 Å². The Labute approximate surface area is 83.9 Å². The summed E-state index contributed by atoms with van der Waals surface area (Å²) in [7, 11) is 0. The molecule has 0 radical (unpaired) electrons. The zero-order valence-corrected chi connectivity index (χ0v) is 8.45. The average Bonchev–Trinajstić information content (AvgIpc) is 2.11. The van der Waals surface area contributed by atoms with E-state index in [-0.39, 0.29) is 18.5 Å². The fourth-order valence-electron chi connectivity index (χ4n) is 1.01. The van der Waals surface area contributed by atoms with Gasteiger partial charge in [-0.25, -0.2) is 0 Å². The van der Waals surface area contributed by atoms with Crippen molar-refractivity contribution in [2.24, 2.45) is 22.4 Å².